The Morgan fingerprint density at radius 1 is 1.13 bits per heavy atom. The first-order valence-electron chi connectivity index (χ1n) is 3.87. The molecule has 0 heterocycles. The summed E-state index contributed by atoms with van der Waals surface area (Å²) in [7, 11) is -4.44. The van der Waals surface area contributed by atoms with Gasteiger partial charge in [0.05, 0.1) is 5.69 Å². The molecule has 0 atom stereocenters. The van der Waals surface area contributed by atoms with Gasteiger partial charge < -0.3 is 0 Å². The van der Waals surface area contributed by atoms with Crippen molar-refractivity contribution in [1.82, 2.24) is 0 Å². The van der Waals surface area contributed by atoms with Gasteiger partial charge in [-0.2, -0.15) is 21.6 Å². The summed E-state index contributed by atoms with van der Waals surface area (Å²) in [4.78, 5) is 0. The van der Waals surface area contributed by atoms with E-state index in [1.54, 1.807) is 6.07 Å². The normalized spacial score (nSPS) is 12.5. The minimum Gasteiger partial charge on any atom is -0.266 e. The molecule has 0 saturated heterocycles. The molecule has 3 nitrogen and oxygen atoms in total. The zero-order chi connectivity index (χ0) is 11.7. The van der Waals surface area contributed by atoms with Crippen molar-refractivity contribution in [3.63, 3.8) is 0 Å². The summed E-state index contributed by atoms with van der Waals surface area (Å²) in [5.41, 5.74) is -5.31. The summed E-state index contributed by atoms with van der Waals surface area (Å²) in [6.45, 7) is 0. The predicted molar refractivity (Wildman–Crippen MR) is 49.8 cm³/mol. The molecule has 0 aliphatic carbocycles. The Bertz CT molecular complexity index is 427. The molecular weight excluding hydrogens is 231 g/mol. The quantitative estimate of drug-likeness (QED) is 0.791. The van der Waals surface area contributed by atoms with Crippen LogP contribution >= 0.6 is 0 Å². The molecule has 0 fully saturated rings. The fraction of sp³-hybridized carbons (Fsp3) is 0.250. The summed E-state index contributed by atoms with van der Waals surface area (Å²) in [5, 5.41) is 0. The van der Waals surface area contributed by atoms with Gasteiger partial charge in [-0.05, 0) is 12.1 Å². The number of hydrogen-bond acceptors (Lipinski definition) is 2. The first-order chi connectivity index (χ1) is 6.77. The Morgan fingerprint density at radius 2 is 1.60 bits per heavy atom. The Kier molecular flexibility index (Phi) is 2.94. The van der Waals surface area contributed by atoms with Gasteiger partial charge in [-0.3, -0.25) is 4.31 Å². The van der Waals surface area contributed by atoms with Crippen molar-refractivity contribution in [2.75, 3.05) is 11.4 Å². The third-order valence-electron chi connectivity index (χ3n) is 1.77. The number of para-hydroxylation sites is 1. The molecule has 84 valence electrons. The highest BCUT2D eigenvalue weighted by Crippen LogP contribution is 2.29. The molecule has 0 amide bonds. The summed E-state index contributed by atoms with van der Waals surface area (Å²) < 4.78 is 58.5. The number of benzene rings is 1. The number of sulfonamides is 1. The zero-order valence-electron chi connectivity index (χ0n) is 7.69. The molecule has 0 radical (unpaired) electrons. The summed E-state index contributed by atoms with van der Waals surface area (Å²) in [6.07, 6.45) is 0. The first-order valence-corrected chi connectivity index (χ1v) is 5.31. The molecule has 15 heavy (non-hydrogen) atoms. The van der Waals surface area contributed by atoms with Crippen LogP contribution in [0.25, 0.3) is 0 Å². The van der Waals surface area contributed by atoms with Crippen LogP contribution in [0.3, 0.4) is 0 Å². The van der Waals surface area contributed by atoms with E-state index in [1.807, 2.05) is 0 Å². The van der Waals surface area contributed by atoms with Crippen LogP contribution in [0.2, 0.25) is 0 Å². The molecule has 0 N–H and O–H groups in total. The second-order valence-corrected chi connectivity index (χ2v) is 4.71. The molecule has 0 saturated carbocycles. The Hall–Kier alpha value is -1.24. The highest BCUT2D eigenvalue weighted by Gasteiger charge is 2.48. The van der Waals surface area contributed by atoms with Crippen LogP contribution in [0.5, 0.6) is 0 Å². The van der Waals surface area contributed by atoms with Gasteiger partial charge in [-0.1, -0.05) is 18.2 Å². The third kappa shape index (κ3) is 2.23. The maximum absolute atomic E-state index is 12.1. The average Bonchev–Trinajstić information content (AvgIpc) is 2.16. The lowest BCUT2D eigenvalue weighted by atomic mass is 10.3. The topological polar surface area (TPSA) is 37.4 Å². The number of halogens is 3. The van der Waals surface area contributed by atoms with Crippen molar-refractivity contribution in [2.24, 2.45) is 0 Å². The highest BCUT2D eigenvalue weighted by molar-refractivity contribution is 7.93. The van der Waals surface area contributed by atoms with Crippen LogP contribution in [0.1, 0.15) is 0 Å². The van der Waals surface area contributed by atoms with E-state index < -0.39 is 15.5 Å². The van der Waals surface area contributed by atoms with Crippen molar-refractivity contribution in [2.45, 2.75) is 5.51 Å². The van der Waals surface area contributed by atoms with E-state index in [0.29, 0.717) is 0 Å². The molecule has 1 aromatic rings. The maximum atomic E-state index is 12.1. The minimum absolute atomic E-state index is 0.0326. The Balaban J connectivity index is 3.12. The Morgan fingerprint density at radius 3 is 2.00 bits per heavy atom. The number of rotatable bonds is 2. The van der Waals surface area contributed by atoms with Crippen molar-refractivity contribution >= 4 is 15.7 Å². The monoisotopic (exact) mass is 239 g/mol. The molecule has 0 bridgehead atoms. The van der Waals surface area contributed by atoms with E-state index in [-0.39, 0.29) is 9.99 Å². The third-order valence-corrected chi connectivity index (χ3v) is 3.29. The van der Waals surface area contributed by atoms with Gasteiger partial charge in [0.2, 0.25) is 0 Å². The average molecular weight is 239 g/mol. The molecule has 1 rings (SSSR count). The molecule has 0 aromatic heterocycles. The summed E-state index contributed by atoms with van der Waals surface area (Å²) in [5.74, 6) is 0. The Labute approximate surface area is 85.2 Å². The van der Waals surface area contributed by atoms with Crippen LogP contribution in [-0.4, -0.2) is 21.0 Å². The second-order valence-electron chi connectivity index (χ2n) is 2.75. The van der Waals surface area contributed by atoms with Crippen LogP contribution in [0.4, 0.5) is 18.9 Å². The van der Waals surface area contributed by atoms with E-state index >= 15 is 0 Å². The van der Waals surface area contributed by atoms with Crippen molar-refractivity contribution in [3.8, 4) is 0 Å². The fourth-order valence-corrected chi connectivity index (χ4v) is 1.64. The van der Waals surface area contributed by atoms with Gasteiger partial charge in [-0.25, -0.2) is 0 Å². The standard InChI is InChI=1S/C8H8F3NO2S/c1-12(7-5-3-2-4-6-7)15(13,14)8(9,10)11/h2-6H,1H3. The fourth-order valence-electron chi connectivity index (χ4n) is 0.932. The number of alkyl halides is 3. The summed E-state index contributed by atoms with van der Waals surface area (Å²) >= 11 is 0. The van der Waals surface area contributed by atoms with Crippen molar-refractivity contribution < 1.29 is 21.6 Å². The molecule has 0 unspecified atom stereocenters. The largest absolute Gasteiger partial charge is 0.516 e. The molecule has 1 aromatic carbocycles. The minimum atomic E-state index is -5.30. The molecule has 0 aliphatic heterocycles. The van der Waals surface area contributed by atoms with Crippen LogP contribution < -0.4 is 4.31 Å². The lowest BCUT2D eigenvalue weighted by molar-refractivity contribution is -0.0437. The van der Waals surface area contributed by atoms with Crippen LogP contribution in [0, 0.1) is 0 Å². The summed E-state index contributed by atoms with van der Waals surface area (Å²) in [6, 6.07) is 7.06. The molecule has 7 heteroatoms. The van der Waals surface area contributed by atoms with Gasteiger partial charge in [0.25, 0.3) is 0 Å². The SMILES string of the molecule is CN(c1ccccc1)S(=O)(=O)C(F)(F)F. The van der Waals surface area contributed by atoms with Gasteiger partial charge >= 0.3 is 15.5 Å². The predicted octanol–water partition coefficient (Wildman–Crippen LogP) is 1.97. The maximum Gasteiger partial charge on any atom is 0.516 e. The molecule has 0 aliphatic rings. The van der Waals surface area contributed by atoms with Gasteiger partial charge in [0.15, 0.2) is 0 Å². The van der Waals surface area contributed by atoms with Crippen LogP contribution in [-0.2, 0) is 10.0 Å². The molecule has 0 spiro atoms. The lowest BCUT2D eigenvalue weighted by Gasteiger charge is -2.20. The van der Waals surface area contributed by atoms with Gasteiger partial charge in [-0.15, -0.1) is 0 Å². The molecular formula is C8H8F3NO2S. The van der Waals surface area contributed by atoms with E-state index in [9.17, 15) is 21.6 Å². The zero-order valence-corrected chi connectivity index (χ0v) is 8.51. The van der Waals surface area contributed by atoms with Gasteiger partial charge in [0, 0.05) is 7.05 Å². The van der Waals surface area contributed by atoms with E-state index in [2.05, 4.69) is 0 Å². The lowest BCUT2D eigenvalue weighted by Crippen LogP contribution is -2.38. The first kappa shape index (κ1) is 11.8. The van der Waals surface area contributed by atoms with Gasteiger partial charge in [0.1, 0.15) is 0 Å². The van der Waals surface area contributed by atoms with E-state index in [0.717, 1.165) is 7.05 Å². The van der Waals surface area contributed by atoms with E-state index in [1.165, 1.54) is 24.3 Å². The van der Waals surface area contributed by atoms with E-state index in [4.69, 9.17) is 0 Å². The smallest absolute Gasteiger partial charge is 0.266 e. The second kappa shape index (κ2) is 3.73. The van der Waals surface area contributed by atoms with Crippen LogP contribution in [0.15, 0.2) is 30.3 Å². The highest BCUT2D eigenvalue weighted by atomic mass is 32.2. The van der Waals surface area contributed by atoms with Crippen molar-refractivity contribution in [3.05, 3.63) is 30.3 Å². The number of nitrogens with zero attached hydrogens (tertiary/aromatic N) is 1. The number of hydrogen-bond donors (Lipinski definition) is 0. The number of anilines is 1. The van der Waals surface area contributed by atoms with Crippen molar-refractivity contribution in [1.29, 1.82) is 0 Å².